The van der Waals surface area contributed by atoms with Gasteiger partial charge in [0.05, 0.1) is 11.5 Å². The van der Waals surface area contributed by atoms with Gasteiger partial charge in [-0.15, -0.1) is 0 Å². The number of hydrogen-bond acceptors (Lipinski definition) is 4. The first-order chi connectivity index (χ1) is 7.54. The smallest absolute Gasteiger partial charge is 0.269 e. The number of amides is 1. The number of carbonyl (C=O) groups is 1. The van der Waals surface area contributed by atoms with E-state index in [1.54, 1.807) is 6.92 Å². The highest BCUT2D eigenvalue weighted by molar-refractivity contribution is 5.94. The number of rotatable bonds is 4. The van der Waals surface area contributed by atoms with Gasteiger partial charge in [-0.25, -0.2) is 0 Å². The predicted octanol–water partition coefficient (Wildman–Crippen LogP) is 0.705. The second-order valence-electron chi connectivity index (χ2n) is 3.36. The molecule has 0 saturated carbocycles. The minimum atomic E-state index is -0.530. The van der Waals surface area contributed by atoms with E-state index in [9.17, 15) is 14.9 Å². The maximum absolute atomic E-state index is 11.5. The molecule has 1 amide bonds. The number of hydrogen-bond donors (Lipinski definition) is 2. The van der Waals surface area contributed by atoms with Crippen LogP contribution in [0.4, 0.5) is 5.69 Å². The van der Waals surface area contributed by atoms with Crippen LogP contribution in [-0.4, -0.2) is 28.6 Å². The Balaban J connectivity index is 2.74. The summed E-state index contributed by atoms with van der Waals surface area (Å²) in [7, 11) is 0. The number of benzene rings is 1. The summed E-state index contributed by atoms with van der Waals surface area (Å²) in [5, 5.41) is 21.7. The van der Waals surface area contributed by atoms with Crippen molar-refractivity contribution in [2.75, 3.05) is 6.61 Å². The summed E-state index contributed by atoms with van der Waals surface area (Å²) in [6.07, 6.45) is 0. The molecule has 0 fully saturated rings. The molecule has 0 heterocycles. The second kappa shape index (κ2) is 5.22. The van der Waals surface area contributed by atoms with Gasteiger partial charge in [-0.2, -0.15) is 0 Å². The zero-order chi connectivity index (χ0) is 12.1. The lowest BCUT2D eigenvalue weighted by molar-refractivity contribution is -0.384. The van der Waals surface area contributed by atoms with Gasteiger partial charge in [0.25, 0.3) is 11.6 Å². The number of nitro benzene ring substituents is 1. The normalized spacial score (nSPS) is 11.9. The molecule has 1 atom stereocenters. The van der Waals surface area contributed by atoms with Gasteiger partial charge in [0.1, 0.15) is 0 Å². The lowest BCUT2D eigenvalue weighted by atomic mass is 10.2. The molecule has 2 N–H and O–H groups in total. The first-order valence-corrected chi connectivity index (χ1v) is 4.70. The highest BCUT2D eigenvalue weighted by Crippen LogP contribution is 2.11. The number of nitrogens with one attached hydrogen (secondary N) is 1. The zero-order valence-corrected chi connectivity index (χ0v) is 8.71. The van der Waals surface area contributed by atoms with Gasteiger partial charge in [0.2, 0.25) is 0 Å². The van der Waals surface area contributed by atoms with Crippen LogP contribution >= 0.6 is 0 Å². The van der Waals surface area contributed by atoms with Crippen molar-refractivity contribution >= 4 is 11.6 Å². The van der Waals surface area contributed by atoms with E-state index in [2.05, 4.69) is 5.32 Å². The van der Waals surface area contributed by atoms with Crippen molar-refractivity contribution in [2.24, 2.45) is 0 Å². The number of carbonyl (C=O) groups excluding carboxylic acids is 1. The molecule has 0 aliphatic heterocycles. The molecule has 0 unspecified atom stereocenters. The van der Waals surface area contributed by atoms with Crippen molar-refractivity contribution in [3.05, 3.63) is 39.9 Å². The van der Waals surface area contributed by atoms with Gasteiger partial charge in [-0.05, 0) is 19.1 Å². The molecular formula is C10H12N2O4. The molecule has 1 aromatic rings. The van der Waals surface area contributed by atoms with E-state index >= 15 is 0 Å². The Labute approximate surface area is 92.0 Å². The maximum Gasteiger partial charge on any atom is 0.269 e. The van der Waals surface area contributed by atoms with Gasteiger partial charge < -0.3 is 10.4 Å². The quantitative estimate of drug-likeness (QED) is 0.581. The van der Waals surface area contributed by atoms with Crippen LogP contribution in [0.25, 0.3) is 0 Å². The predicted molar refractivity (Wildman–Crippen MR) is 57.1 cm³/mol. The summed E-state index contributed by atoms with van der Waals surface area (Å²) in [4.78, 5) is 21.4. The number of nitro groups is 1. The third-order valence-corrected chi connectivity index (χ3v) is 1.99. The highest BCUT2D eigenvalue weighted by Gasteiger charge is 2.10. The fourth-order valence-electron chi connectivity index (χ4n) is 1.09. The number of nitrogens with zero attached hydrogens (tertiary/aromatic N) is 1. The molecule has 0 spiro atoms. The Hall–Kier alpha value is -1.95. The molecule has 6 nitrogen and oxygen atoms in total. The van der Waals surface area contributed by atoms with E-state index in [1.807, 2.05) is 0 Å². The third kappa shape index (κ3) is 3.03. The van der Waals surface area contributed by atoms with Crippen LogP contribution in [0.1, 0.15) is 17.3 Å². The van der Waals surface area contributed by atoms with Crippen LogP contribution < -0.4 is 5.32 Å². The van der Waals surface area contributed by atoms with Gasteiger partial charge in [0, 0.05) is 23.7 Å². The highest BCUT2D eigenvalue weighted by atomic mass is 16.6. The van der Waals surface area contributed by atoms with Crippen LogP contribution in [0.5, 0.6) is 0 Å². The molecule has 6 heteroatoms. The van der Waals surface area contributed by atoms with Crippen LogP contribution in [0.3, 0.4) is 0 Å². The van der Waals surface area contributed by atoms with Crippen LogP contribution in [-0.2, 0) is 0 Å². The van der Waals surface area contributed by atoms with Crippen molar-refractivity contribution in [1.29, 1.82) is 0 Å². The van der Waals surface area contributed by atoms with Crippen LogP contribution in [0, 0.1) is 10.1 Å². The lowest BCUT2D eigenvalue weighted by Gasteiger charge is -2.10. The maximum atomic E-state index is 11.5. The first kappa shape index (κ1) is 12.1. The molecule has 0 aromatic heterocycles. The van der Waals surface area contributed by atoms with Gasteiger partial charge in [-0.1, -0.05) is 0 Å². The van der Waals surface area contributed by atoms with Crippen LogP contribution in [0.2, 0.25) is 0 Å². The Kier molecular flexibility index (Phi) is 3.96. The van der Waals surface area contributed by atoms with E-state index in [0.29, 0.717) is 5.56 Å². The third-order valence-electron chi connectivity index (χ3n) is 1.99. The molecule has 0 bridgehead atoms. The summed E-state index contributed by atoms with van der Waals surface area (Å²) in [5.41, 5.74) is 0.262. The molecule has 0 radical (unpaired) electrons. The minimum absolute atomic E-state index is 0.0632. The largest absolute Gasteiger partial charge is 0.394 e. The first-order valence-electron chi connectivity index (χ1n) is 4.70. The Morgan fingerprint density at radius 2 is 2.06 bits per heavy atom. The lowest BCUT2D eigenvalue weighted by Crippen LogP contribution is -2.34. The Bertz CT molecular complexity index is 388. The molecule has 0 aliphatic rings. The van der Waals surface area contributed by atoms with Crippen molar-refractivity contribution < 1.29 is 14.8 Å². The molecule has 86 valence electrons. The van der Waals surface area contributed by atoms with Crippen molar-refractivity contribution in [1.82, 2.24) is 5.32 Å². The molecule has 0 aliphatic carbocycles. The fraction of sp³-hybridized carbons (Fsp3) is 0.300. The van der Waals surface area contributed by atoms with Crippen molar-refractivity contribution in [3.8, 4) is 0 Å². The number of aliphatic hydroxyl groups is 1. The summed E-state index contributed by atoms with van der Waals surface area (Å²) >= 11 is 0. The van der Waals surface area contributed by atoms with E-state index in [0.717, 1.165) is 0 Å². The Morgan fingerprint density at radius 3 is 2.50 bits per heavy atom. The fourth-order valence-corrected chi connectivity index (χ4v) is 1.09. The summed E-state index contributed by atoms with van der Waals surface area (Å²) < 4.78 is 0. The number of aliphatic hydroxyl groups excluding tert-OH is 1. The SMILES string of the molecule is C[C@@H](CO)NC(=O)c1ccc([N+](=O)[O-])cc1. The standard InChI is InChI=1S/C10H12N2O4/c1-7(6-13)11-10(14)8-2-4-9(5-3-8)12(15)16/h2-5,7,13H,6H2,1H3,(H,11,14)/t7-/m0/s1. The Morgan fingerprint density at radius 1 is 1.50 bits per heavy atom. The van der Waals surface area contributed by atoms with Gasteiger partial charge in [0.15, 0.2) is 0 Å². The van der Waals surface area contributed by atoms with E-state index in [1.165, 1.54) is 24.3 Å². The van der Waals surface area contributed by atoms with Crippen molar-refractivity contribution in [2.45, 2.75) is 13.0 Å². The number of non-ortho nitro benzene ring substituents is 1. The monoisotopic (exact) mass is 224 g/mol. The van der Waals surface area contributed by atoms with E-state index in [-0.39, 0.29) is 24.2 Å². The average molecular weight is 224 g/mol. The zero-order valence-electron chi connectivity index (χ0n) is 8.71. The van der Waals surface area contributed by atoms with Crippen molar-refractivity contribution in [3.63, 3.8) is 0 Å². The van der Waals surface area contributed by atoms with E-state index < -0.39 is 4.92 Å². The molecule has 16 heavy (non-hydrogen) atoms. The molecule has 1 aromatic carbocycles. The van der Waals surface area contributed by atoms with E-state index in [4.69, 9.17) is 5.11 Å². The van der Waals surface area contributed by atoms with Gasteiger partial charge >= 0.3 is 0 Å². The topological polar surface area (TPSA) is 92.5 Å². The summed E-state index contributed by atoms with van der Waals surface area (Å²) in [5.74, 6) is -0.364. The molecular weight excluding hydrogens is 212 g/mol. The second-order valence-corrected chi connectivity index (χ2v) is 3.36. The summed E-state index contributed by atoms with van der Waals surface area (Å²) in [6, 6.07) is 4.93. The van der Waals surface area contributed by atoms with Crippen LogP contribution in [0.15, 0.2) is 24.3 Å². The molecule has 1 rings (SSSR count). The summed E-state index contributed by atoms with van der Waals surface area (Å²) in [6.45, 7) is 1.50. The molecule has 0 saturated heterocycles. The minimum Gasteiger partial charge on any atom is -0.394 e. The van der Waals surface area contributed by atoms with Gasteiger partial charge in [-0.3, -0.25) is 14.9 Å². The average Bonchev–Trinajstić information content (AvgIpc) is 2.28.